The van der Waals surface area contributed by atoms with E-state index in [2.05, 4.69) is 25.2 Å². The van der Waals surface area contributed by atoms with Crippen molar-refractivity contribution in [2.75, 3.05) is 12.4 Å². The number of para-hydroxylation sites is 1. The fraction of sp³-hybridized carbons (Fsp3) is 0.294. The quantitative estimate of drug-likeness (QED) is 0.834. The average molecular weight is 306 g/mol. The Morgan fingerprint density at radius 1 is 1.24 bits per heavy atom. The third-order valence-electron chi connectivity index (χ3n) is 3.39. The summed E-state index contributed by atoms with van der Waals surface area (Å²) in [5.74, 6) is 0.934. The van der Waals surface area contributed by atoms with Gasteiger partial charge in [0, 0.05) is 28.9 Å². The van der Waals surface area contributed by atoms with E-state index in [4.69, 9.17) is 16.3 Å². The first-order valence-electron chi connectivity index (χ1n) is 6.91. The number of methoxy groups -OCH3 is 1. The summed E-state index contributed by atoms with van der Waals surface area (Å²) in [4.78, 5) is 0. The maximum absolute atomic E-state index is 10.1. The van der Waals surface area contributed by atoms with Crippen molar-refractivity contribution in [1.82, 2.24) is 0 Å². The van der Waals surface area contributed by atoms with Crippen LogP contribution < -0.4 is 10.1 Å². The lowest BCUT2D eigenvalue weighted by Gasteiger charge is -2.16. The van der Waals surface area contributed by atoms with E-state index in [9.17, 15) is 5.11 Å². The number of aromatic hydroxyl groups is 1. The lowest BCUT2D eigenvalue weighted by molar-refractivity contribution is 0.371. The van der Waals surface area contributed by atoms with Crippen LogP contribution in [0, 0.1) is 0 Å². The summed E-state index contributed by atoms with van der Waals surface area (Å²) in [6.45, 7) is 4.79. The zero-order valence-electron chi connectivity index (χ0n) is 12.5. The molecule has 0 aliphatic heterocycles. The third kappa shape index (κ3) is 3.61. The van der Waals surface area contributed by atoms with Crippen LogP contribution in [-0.4, -0.2) is 12.2 Å². The minimum atomic E-state index is 0.122. The van der Waals surface area contributed by atoms with Gasteiger partial charge in [-0.15, -0.1) is 0 Å². The first-order chi connectivity index (χ1) is 10.0. The summed E-state index contributed by atoms with van der Waals surface area (Å²) in [6, 6.07) is 11.5. The molecule has 2 aromatic carbocycles. The predicted molar refractivity (Wildman–Crippen MR) is 87.5 cm³/mol. The van der Waals surface area contributed by atoms with E-state index < -0.39 is 0 Å². The molecule has 0 saturated heterocycles. The third-order valence-corrected chi connectivity index (χ3v) is 3.61. The fourth-order valence-electron chi connectivity index (χ4n) is 2.27. The number of anilines is 1. The maximum Gasteiger partial charge on any atom is 0.162 e. The van der Waals surface area contributed by atoms with Gasteiger partial charge in [0.1, 0.15) is 0 Å². The van der Waals surface area contributed by atoms with Crippen LogP contribution >= 0.6 is 11.6 Å². The summed E-state index contributed by atoms with van der Waals surface area (Å²) in [7, 11) is 1.51. The highest BCUT2D eigenvalue weighted by Crippen LogP contribution is 2.34. The Morgan fingerprint density at radius 3 is 2.62 bits per heavy atom. The van der Waals surface area contributed by atoms with Crippen LogP contribution in [0.2, 0.25) is 5.02 Å². The van der Waals surface area contributed by atoms with Crippen molar-refractivity contribution >= 4 is 17.3 Å². The molecule has 3 nitrogen and oxygen atoms in total. The molecule has 0 bridgehead atoms. The second-order valence-corrected chi connectivity index (χ2v) is 5.65. The molecule has 4 heteroatoms. The molecule has 0 unspecified atom stereocenters. The van der Waals surface area contributed by atoms with Crippen LogP contribution in [0.15, 0.2) is 36.4 Å². The van der Waals surface area contributed by atoms with Gasteiger partial charge >= 0.3 is 0 Å². The van der Waals surface area contributed by atoms with Crippen molar-refractivity contribution in [1.29, 1.82) is 0 Å². The molecule has 0 aromatic heterocycles. The number of halogens is 1. The lowest BCUT2D eigenvalue weighted by Crippen LogP contribution is -2.04. The first-order valence-corrected chi connectivity index (χ1v) is 7.29. The molecule has 0 heterocycles. The highest BCUT2D eigenvalue weighted by atomic mass is 35.5. The van der Waals surface area contributed by atoms with E-state index in [1.54, 1.807) is 12.1 Å². The zero-order chi connectivity index (χ0) is 15.4. The molecule has 0 aliphatic rings. The first kappa shape index (κ1) is 15.5. The number of hydrogen-bond acceptors (Lipinski definition) is 3. The molecule has 21 heavy (non-hydrogen) atoms. The minimum absolute atomic E-state index is 0.122. The Kier molecular flexibility index (Phi) is 4.97. The molecule has 0 aliphatic carbocycles. The van der Waals surface area contributed by atoms with E-state index >= 15 is 0 Å². The van der Waals surface area contributed by atoms with Crippen molar-refractivity contribution < 1.29 is 9.84 Å². The van der Waals surface area contributed by atoms with Crippen LogP contribution in [0.5, 0.6) is 11.5 Å². The van der Waals surface area contributed by atoms with Gasteiger partial charge in [-0.1, -0.05) is 43.6 Å². The summed E-state index contributed by atoms with van der Waals surface area (Å²) in [5.41, 5.74) is 3.01. The normalized spacial score (nSPS) is 10.7. The second-order valence-electron chi connectivity index (χ2n) is 5.21. The Balaban J connectivity index is 2.23. The second kappa shape index (κ2) is 6.72. The van der Waals surface area contributed by atoms with Gasteiger partial charge < -0.3 is 15.2 Å². The molecule has 0 saturated carbocycles. The molecular formula is C17H20ClNO2. The van der Waals surface area contributed by atoms with E-state index in [-0.39, 0.29) is 5.75 Å². The average Bonchev–Trinajstić information content (AvgIpc) is 2.47. The molecule has 112 valence electrons. The summed E-state index contributed by atoms with van der Waals surface area (Å²) in [6.07, 6.45) is 0. The zero-order valence-corrected chi connectivity index (χ0v) is 13.2. The standard InChI is InChI=1S/C17H20ClNO2/c1-11(2)14-6-4-5-7-15(14)19-10-12-8-13(18)9-16(21-3)17(12)20/h4-9,11,19-20H,10H2,1-3H3. The van der Waals surface area contributed by atoms with Crippen molar-refractivity contribution in [2.24, 2.45) is 0 Å². The van der Waals surface area contributed by atoms with Crippen LogP contribution in [0.25, 0.3) is 0 Å². The van der Waals surface area contributed by atoms with E-state index in [1.807, 2.05) is 18.2 Å². The van der Waals surface area contributed by atoms with Crippen LogP contribution in [0.3, 0.4) is 0 Å². The number of rotatable bonds is 5. The SMILES string of the molecule is COc1cc(Cl)cc(CNc2ccccc2C(C)C)c1O. The number of phenols is 1. The predicted octanol–water partition coefficient (Wildman–Crippen LogP) is 4.79. The number of ether oxygens (including phenoxy) is 1. The molecule has 0 fully saturated rings. The van der Waals surface area contributed by atoms with Gasteiger partial charge in [0.25, 0.3) is 0 Å². The Morgan fingerprint density at radius 2 is 1.95 bits per heavy atom. The molecule has 0 amide bonds. The number of phenolic OH excluding ortho intramolecular Hbond substituents is 1. The largest absolute Gasteiger partial charge is 0.504 e. The Labute approximate surface area is 130 Å². The number of nitrogens with one attached hydrogen (secondary N) is 1. The van der Waals surface area contributed by atoms with Crippen molar-refractivity contribution in [2.45, 2.75) is 26.3 Å². The van der Waals surface area contributed by atoms with Crippen LogP contribution in [0.4, 0.5) is 5.69 Å². The van der Waals surface area contributed by atoms with Crippen molar-refractivity contribution in [3.63, 3.8) is 0 Å². The topological polar surface area (TPSA) is 41.5 Å². The number of benzene rings is 2. The van der Waals surface area contributed by atoms with Gasteiger partial charge in [0.15, 0.2) is 11.5 Å². The van der Waals surface area contributed by atoms with Crippen LogP contribution in [-0.2, 0) is 6.54 Å². The van der Waals surface area contributed by atoms with Crippen molar-refractivity contribution in [3.8, 4) is 11.5 Å². The van der Waals surface area contributed by atoms with E-state index in [0.29, 0.717) is 28.8 Å². The minimum Gasteiger partial charge on any atom is -0.504 e. The van der Waals surface area contributed by atoms with Gasteiger partial charge in [0.05, 0.1) is 7.11 Å². The highest BCUT2D eigenvalue weighted by molar-refractivity contribution is 6.30. The Bertz CT molecular complexity index is 626. The molecule has 0 spiro atoms. The monoisotopic (exact) mass is 305 g/mol. The van der Waals surface area contributed by atoms with Gasteiger partial charge in [-0.3, -0.25) is 0 Å². The van der Waals surface area contributed by atoms with E-state index in [0.717, 1.165) is 5.69 Å². The van der Waals surface area contributed by atoms with Gasteiger partial charge in [-0.2, -0.15) is 0 Å². The summed E-state index contributed by atoms with van der Waals surface area (Å²) in [5, 5.41) is 14.0. The van der Waals surface area contributed by atoms with Gasteiger partial charge in [-0.25, -0.2) is 0 Å². The molecular weight excluding hydrogens is 286 g/mol. The Hall–Kier alpha value is -1.87. The smallest absolute Gasteiger partial charge is 0.162 e. The maximum atomic E-state index is 10.1. The molecule has 0 radical (unpaired) electrons. The molecule has 2 N–H and O–H groups in total. The molecule has 2 aromatic rings. The van der Waals surface area contributed by atoms with E-state index in [1.165, 1.54) is 12.7 Å². The van der Waals surface area contributed by atoms with Gasteiger partial charge in [0.2, 0.25) is 0 Å². The van der Waals surface area contributed by atoms with Crippen molar-refractivity contribution in [3.05, 3.63) is 52.5 Å². The summed E-state index contributed by atoms with van der Waals surface area (Å²) < 4.78 is 5.12. The van der Waals surface area contributed by atoms with Crippen LogP contribution in [0.1, 0.15) is 30.9 Å². The summed E-state index contributed by atoms with van der Waals surface area (Å²) >= 11 is 6.05. The molecule has 0 atom stereocenters. The van der Waals surface area contributed by atoms with Gasteiger partial charge in [-0.05, 0) is 23.6 Å². The highest BCUT2D eigenvalue weighted by Gasteiger charge is 2.11. The number of hydrogen-bond donors (Lipinski definition) is 2. The lowest BCUT2D eigenvalue weighted by atomic mass is 10.0. The fourth-order valence-corrected chi connectivity index (χ4v) is 2.50. The molecule has 2 rings (SSSR count).